The Morgan fingerprint density at radius 3 is 2.54 bits per heavy atom. The lowest BCUT2D eigenvalue weighted by atomic mass is 9.92. The average Bonchev–Trinajstić information content (AvgIpc) is 2.58. The van der Waals surface area contributed by atoms with E-state index < -0.39 is 5.60 Å². The Morgan fingerprint density at radius 2 is 2.08 bits per heavy atom. The molecule has 1 saturated carbocycles. The largest absolute Gasteiger partial charge is 0.386 e. The molecule has 0 aromatic carbocycles. The number of aliphatic hydroxyl groups is 1. The van der Waals surface area contributed by atoms with E-state index in [1.165, 1.54) is 12.8 Å². The van der Waals surface area contributed by atoms with E-state index in [1.54, 1.807) is 0 Å². The highest BCUT2D eigenvalue weighted by Crippen LogP contribution is 2.44. The maximum Gasteiger partial charge on any atom is 0.0771 e. The Balaban J connectivity index is 1.97. The first kappa shape index (κ1) is 9.01. The lowest BCUT2D eigenvalue weighted by Gasteiger charge is -2.16. The standard InChI is InChI=1S/C12H18O/c1-12(2,13)6-5-11-8-9-3-4-10(11)7-9/h3-6,9-11,13H,7-8H2,1-2H3/b6-5+. The third-order valence-electron chi connectivity index (χ3n) is 3.08. The first-order valence-electron chi connectivity index (χ1n) is 5.15. The molecule has 0 spiro atoms. The summed E-state index contributed by atoms with van der Waals surface area (Å²) in [5.41, 5.74) is -0.647. The molecule has 3 atom stereocenters. The predicted molar refractivity (Wildman–Crippen MR) is 54.3 cm³/mol. The van der Waals surface area contributed by atoms with E-state index in [4.69, 9.17) is 0 Å². The van der Waals surface area contributed by atoms with E-state index >= 15 is 0 Å². The van der Waals surface area contributed by atoms with Crippen LogP contribution in [-0.4, -0.2) is 10.7 Å². The van der Waals surface area contributed by atoms with Gasteiger partial charge >= 0.3 is 0 Å². The molecule has 0 heterocycles. The van der Waals surface area contributed by atoms with Gasteiger partial charge in [0, 0.05) is 0 Å². The van der Waals surface area contributed by atoms with Crippen molar-refractivity contribution < 1.29 is 5.11 Å². The van der Waals surface area contributed by atoms with Gasteiger partial charge in [-0.05, 0) is 44.4 Å². The van der Waals surface area contributed by atoms with Crippen LogP contribution < -0.4 is 0 Å². The summed E-state index contributed by atoms with van der Waals surface area (Å²) in [6, 6.07) is 0. The van der Waals surface area contributed by atoms with Gasteiger partial charge in [-0.2, -0.15) is 0 Å². The maximum absolute atomic E-state index is 9.54. The van der Waals surface area contributed by atoms with Gasteiger partial charge in [-0.3, -0.25) is 0 Å². The molecule has 1 fully saturated rings. The lowest BCUT2D eigenvalue weighted by molar-refractivity contribution is 0.132. The van der Waals surface area contributed by atoms with Crippen LogP contribution in [0.4, 0.5) is 0 Å². The Morgan fingerprint density at radius 1 is 1.31 bits per heavy atom. The summed E-state index contributed by atoms with van der Waals surface area (Å²) in [5, 5.41) is 9.54. The van der Waals surface area contributed by atoms with E-state index in [-0.39, 0.29) is 0 Å². The van der Waals surface area contributed by atoms with Crippen molar-refractivity contribution in [3.05, 3.63) is 24.3 Å². The van der Waals surface area contributed by atoms with Gasteiger partial charge in [0.1, 0.15) is 0 Å². The van der Waals surface area contributed by atoms with Crippen molar-refractivity contribution in [3.8, 4) is 0 Å². The molecule has 0 radical (unpaired) electrons. The zero-order valence-electron chi connectivity index (χ0n) is 8.40. The second-order valence-corrected chi connectivity index (χ2v) is 4.96. The van der Waals surface area contributed by atoms with Crippen LogP contribution in [0.5, 0.6) is 0 Å². The van der Waals surface area contributed by atoms with Gasteiger partial charge in [0.15, 0.2) is 0 Å². The highest BCUT2D eigenvalue weighted by Gasteiger charge is 2.33. The summed E-state index contributed by atoms with van der Waals surface area (Å²) in [6.45, 7) is 3.65. The predicted octanol–water partition coefficient (Wildman–Crippen LogP) is 2.53. The molecule has 2 rings (SSSR count). The first-order valence-corrected chi connectivity index (χ1v) is 5.15. The fourth-order valence-electron chi connectivity index (χ4n) is 2.40. The number of hydrogen-bond donors (Lipinski definition) is 1. The number of allylic oxidation sites excluding steroid dienone is 3. The Kier molecular flexibility index (Phi) is 2.07. The molecule has 2 aliphatic carbocycles. The van der Waals surface area contributed by atoms with Crippen LogP contribution in [0.25, 0.3) is 0 Å². The second kappa shape index (κ2) is 2.98. The molecule has 2 aliphatic rings. The minimum absolute atomic E-state index is 0.647. The summed E-state index contributed by atoms with van der Waals surface area (Å²) in [5.74, 6) is 2.26. The van der Waals surface area contributed by atoms with Crippen molar-refractivity contribution in [2.75, 3.05) is 0 Å². The minimum atomic E-state index is -0.647. The molecule has 0 amide bonds. The van der Waals surface area contributed by atoms with Gasteiger partial charge in [0.25, 0.3) is 0 Å². The van der Waals surface area contributed by atoms with Gasteiger partial charge in [-0.15, -0.1) is 0 Å². The van der Waals surface area contributed by atoms with Crippen molar-refractivity contribution in [2.24, 2.45) is 17.8 Å². The SMILES string of the molecule is CC(C)(O)/C=C/C1CC2C=CC1C2. The van der Waals surface area contributed by atoms with Gasteiger partial charge in [-0.1, -0.05) is 24.3 Å². The van der Waals surface area contributed by atoms with Crippen LogP contribution >= 0.6 is 0 Å². The van der Waals surface area contributed by atoms with Crippen LogP contribution in [0.2, 0.25) is 0 Å². The monoisotopic (exact) mass is 178 g/mol. The third-order valence-corrected chi connectivity index (χ3v) is 3.08. The van der Waals surface area contributed by atoms with E-state index in [9.17, 15) is 5.11 Å². The Bertz CT molecular complexity index is 244. The molecule has 1 nitrogen and oxygen atoms in total. The van der Waals surface area contributed by atoms with Crippen LogP contribution in [0.15, 0.2) is 24.3 Å². The topological polar surface area (TPSA) is 20.2 Å². The summed E-state index contributed by atoms with van der Waals surface area (Å²) >= 11 is 0. The Labute approximate surface area is 80.2 Å². The van der Waals surface area contributed by atoms with Gasteiger partial charge < -0.3 is 5.11 Å². The zero-order valence-corrected chi connectivity index (χ0v) is 8.40. The lowest BCUT2D eigenvalue weighted by Crippen LogP contribution is -2.15. The van der Waals surface area contributed by atoms with Crippen molar-refractivity contribution in [2.45, 2.75) is 32.3 Å². The van der Waals surface area contributed by atoms with Crippen molar-refractivity contribution in [3.63, 3.8) is 0 Å². The molecular formula is C12H18O. The van der Waals surface area contributed by atoms with Crippen molar-refractivity contribution in [1.82, 2.24) is 0 Å². The summed E-state index contributed by atoms with van der Waals surface area (Å²) in [6.07, 6.45) is 11.4. The molecule has 0 aliphatic heterocycles. The van der Waals surface area contributed by atoms with Gasteiger partial charge in [0.05, 0.1) is 5.60 Å². The summed E-state index contributed by atoms with van der Waals surface area (Å²) in [7, 11) is 0. The van der Waals surface area contributed by atoms with E-state index in [0.29, 0.717) is 5.92 Å². The van der Waals surface area contributed by atoms with Gasteiger partial charge in [-0.25, -0.2) is 0 Å². The van der Waals surface area contributed by atoms with Crippen molar-refractivity contribution in [1.29, 1.82) is 0 Å². The molecule has 0 aromatic rings. The normalized spacial score (nSPS) is 37.9. The first-order chi connectivity index (χ1) is 6.04. The van der Waals surface area contributed by atoms with Crippen LogP contribution in [0.1, 0.15) is 26.7 Å². The molecular weight excluding hydrogens is 160 g/mol. The molecule has 1 heteroatoms. The molecule has 13 heavy (non-hydrogen) atoms. The molecule has 2 bridgehead atoms. The Hall–Kier alpha value is -0.560. The number of hydrogen-bond acceptors (Lipinski definition) is 1. The molecule has 72 valence electrons. The number of fused-ring (bicyclic) bond motifs is 2. The fourth-order valence-corrected chi connectivity index (χ4v) is 2.40. The fraction of sp³-hybridized carbons (Fsp3) is 0.667. The second-order valence-electron chi connectivity index (χ2n) is 4.96. The average molecular weight is 178 g/mol. The minimum Gasteiger partial charge on any atom is -0.386 e. The third kappa shape index (κ3) is 2.02. The van der Waals surface area contributed by atoms with E-state index in [2.05, 4.69) is 18.2 Å². The smallest absolute Gasteiger partial charge is 0.0771 e. The highest BCUT2D eigenvalue weighted by molar-refractivity contribution is 5.15. The quantitative estimate of drug-likeness (QED) is 0.644. The highest BCUT2D eigenvalue weighted by atomic mass is 16.3. The van der Waals surface area contributed by atoms with E-state index in [1.807, 2.05) is 19.9 Å². The summed E-state index contributed by atoms with van der Waals surface area (Å²) < 4.78 is 0. The van der Waals surface area contributed by atoms with E-state index in [0.717, 1.165) is 11.8 Å². The van der Waals surface area contributed by atoms with Crippen LogP contribution in [0, 0.1) is 17.8 Å². The van der Waals surface area contributed by atoms with Crippen LogP contribution in [-0.2, 0) is 0 Å². The van der Waals surface area contributed by atoms with Crippen LogP contribution in [0.3, 0.4) is 0 Å². The molecule has 0 aromatic heterocycles. The molecule has 3 unspecified atom stereocenters. The maximum atomic E-state index is 9.54. The number of rotatable bonds is 2. The van der Waals surface area contributed by atoms with Gasteiger partial charge in [0.2, 0.25) is 0 Å². The molecule has 1 N–H and O–H groups in total. The summed E-state index contributed by atoms with van der Waals surface area (Å²) in [4.78, 5) is 0. The zero-order chi connectivity index (χ0) is 9.47. The molecule has 0 saturated heterocycles. The van der Waals surface area contributed by atoms with Crippen molar-refractivity contribution >= 4 is 0 Å².